The lowest BCUT2D eigenvalue weighted by Gasteiger charge is -2.12. The molecular weight excluding hydrogens is 367 g/mol. The minimum atomic E-state index is 0.396. The molecule has 1 rings (SSSR count). The Balaban J connectivity index is 2.66. The van der Waals surface area contributed by atoms with E-state index in [4.69, 9.17) is 33.8 Å². The molecule has 1 aromatic carbocycles. The molecule has 112 valence electrons. The van der Waals surface area contributed by atoms with Crippen molar-refractivity contribution in [3.8, 4) is 0 Å². The molecule has 0 aromatic heterocycles. The fourth-order valence-electron chi connectivity index (χ4n) is 1.40. The van der Waals surface area contributed by atoms with E-state index >= 15 is 0 Å². The van der Waals surface area contributed by atoms with E-state index in [1.54, 1.807) is 12.1 Å². The maximum Gasteiger partial charge on any atom is 0.210 e. The van der Waals surface area contributed by atoms with Crippen LogP contribution in [0.25, 0.3) is 0 Å². The Hall–Kier alpha value is -0.530. The zero-order valence-electron chi connectivity index (χ0n) is 11.0. The first-order valence-corrected chi connectivity index (χ1v) is 7.63. The normalized spacial score (nSPS) is 11.6. The Bertz CT molecular complexity index is 448. The Morgan fingerprint density at radius 1 is 1.40 bits per heavy atom. The summed E-state index contributed by atoms with van der Waals surface area (Å²) in [5, 5.41) is 3.92. The molecule has 20 heavy (non-hydrogen) atoms. The minimum Gasteiger partial charge on any atom is -0.382 e. The van der Waals surface area contributed by atoms with Crippen LogP contribution in [0, 0.1) is 0 Å². The van der Waals surface area contributed by atoms with Crippen molar-refractivity contribution < 1.29 is 4.74 Å². The van der Waals surface area contributed by atoms with Crippen molar-refractivity contribution in [3.05, 3.63) is 26.7 Å². The number of nitrogens with two attached hydrogens (primary N) is 1. The highest BCUT2D eigenvalue weighted by Gasteiger charge is 2.09. The first-order chi connectivity index (χ1) is 9.58. The second kappa shape index (κ2) is 9.41. The van der Waals surface area contributed by atoms with E-state index in [9.17, 15) is 0 Å². The van der Waals surface area contributed by atoms with Gasteiger partial charge in [0.15, 0.2) is 0 Å². The number of guanidine groups is 1. The monoisotopic (exact) mass is 382 g/mol. The molecule has 0 unspecified atom stereocenters. The number of rotatable bonds is 6. The summed E-state index contributed by atoms with van der Waals surface area (Å²) in [7, 11) is 0. The highest BCUT2D eigenvalue weighted by molar-refractivity contribution is 9.10. The maximum atomic E-state index is 6.12. The van der Waals surface area contributed by atoms with Gasteiger partial charge in [0, 0.05) is 24.2 Å². The molecule has 0 saturated heterocycles. The molecule has 4 N–H and O–H groups in total. The predicted octanol–water partition coefficient (Wildman–Crippen LogP) is 3.41. The number of nitrogens with zero attached hydrogens (tertiary/aromatic N) is 1. The lowest BCUT2D eigenvalue weighted by molar-refractivity contribution is 0.146. The van der Waals surface area contributed by atoms with Gasteiger partial charge < -0.3 is 10.1 Å². The zero-order valence-corrected chi connectivity index (χ0v) is 14.1. The number of halogens is 3. The molecule has 0 bridgehead atoms. The molecule has 0 saturated carbocycles. The van der Waals surface area contributed by atoms with Gasteiger partial charge in [-0.15, -0.1) is 0 Å². The number of ether oxygens (including phenoxy) is 1. The molecule has 0 fully saturated rings. The summed E-state index contributed by atoms with van der Waals surface area (Å²) < 4.78 is 6.03. The third-order valence-electron chi connectivity index (χ3n) is 2.31. The Labute approximate surface area is 137 Å². The van der Waals surface area contributed by atoms with Crippen molar-refractivity contribution in [2.45, 2.75) is 13.3 Å². The number of anilines is 1. The molecule has 0 aliphatic rings. The lowest BCUT2D eigenvalue weighted by atomic mass is 10.3. The van der Waals surface area contributed by atoms with Crippen molar-refractivity contribution in [1.29, 1.82) is 0 Å². The molecule has 0 atom stereocenters. The third-order valence-corrected chi connectivity index (χ3v) is 3.36. The molecule has 5 nitrogen and oxygen atoms in total. The number of hydrogen-bond donors (Lipinski definition) is 3. The van der Waals surface area contributed by atoms with E-state index in [0.717, 1.165) is 10.9 Å². The van der Waals surface area contributed by atoms with Crippen LogP contribution in [0.15, 0.2) is 21.6 Å². The van der Waals surface area contributed by atoms with Crippen LogP contribution in [0.3, 0.4) is 0 Å². The van der Waals surface area contributed by atoms with Crippen molar-refractivity contribution in [2.24, 2.45) is 10.8 Å². The molecule has 0 spiro atoms. The van der Waals surface area contributed by atoms with Crippen LogP contribution >= 0.6 is 39.1 Å². The Morgan fingerprint density at radius 2 is 2.05 bits per heavy atom. The van der Waals surface area contributed by atoms with Gasteiger partial charge in [0.25, 0.3) is 0 Å². The van der Waals surface area contributed by atoms with Gasteiger partial charge in [0.05, 0.1) is 15.7 Å². The Kier molecular flexibility index (Phi) is 8.25. The largest absolute Gasteiger partial charge is 0.382 e. The van der Waals surface area contributed by atoms with Crippen LogP contribution in [0.4, 0.5) is 5.69 Å². The van der Waals surface area contributed by atoms with E-state index in [0.29, 0.717) is 41.5 Å². The molecule has 0 heterocycles. The van der Waals surface area contributed by atoms with E-state index in [1.807, 2.05) is 6.92 Å². The second-order valence-corrected chi connectivity index (χ2v) is 5.52. The van der Waals surface area contributed by atoms with Crippen molar-refractivity contribution in [1.82, 2.24) is 5.43 Å². The lowest BCUT2D eigenvalue weighted by Crippen LogP contribution is -2.36. The van der Waals surface area contributed by atoms with E-state index in [2.05, 4.69) is 31.7 Å². The fourth-order valence-corrected chi connectivity index (χ4v) is 2.71. The summed E-state index contributed by atoms with van der Waals surface area (Å²) in [6.45, 7) is 3.90. The number of hydrogen-bond acceptors (Lipinski definition) is 3. The van der Waals surface area contributed by atoms with E-state index in [-0.39, 0.29) is 0 Å². The van der Waals surface area contributed by atoms with Gasteiger partial charge in [-0.2, -0.15) is 0 Å². The van der Waals surface area contributed by atoms with Gasteiger partial charge >= 0.3 is 0 Å². The third kappa shape index (κ3) is 5.85. The molecule has 8 heteroatoms. The summed E-state index contributed by atoms with van der Waals surface area (Å²) in [6.07, 6.45) is 0.808. The minimum absolute atomic E-state index is 0.396. The SMILES string of the molecule is CCOCCCN=C(NN)Nc1c(Cl)cc(Br)cc1Cl. The summed E-state index contributed by atoms with van der Waals surface area (Å²) in [5.74, 6) is 5.82. The van der Waals surface area contributed by atoms with Gasteiger partial charge in [-0.1, -0.05) is 39.1 Å². The van der Waals surface area contributed by atoms with Gasteiger partial charge in [0.1, 0.15) is 0 Å². The van der Waals surface area contributed by atoms with E-state index < -0.39 is 0 Å². The first-order valence-electron chi connectivity index (χ1n) is 6.08. The number of hydrazine groups is 1. The highest BCUT2D eigenvalue weighted by atomic mass is 79.9. The Morgan fingerprint density at radius 3 is 2.60 bits per heavy atom. The van der Waals surface area contributed by atoms with Crippen molar-refractivity contribution in [2.75, 3.05) is 25.1 Å². The van der Waals surface area contributed by atoms with Gasteiger partial charge in [0.2, 0.25) is 5.96 Å². The van der Waals surface area contributed by atoms with Crippen LogP contribution in [0.5, 0.6) is 0 Å². The standard InChI is InChI=1S/C12H17BrCl2N4O/c1-2-20-5-3-4-17-12(19-16)18-11-9(14)6-8(13)7-10(11)15/h6-7H,2-5,16H2,1H3,(H2,17,18,19). The summed E-state index contributed by atoms with van der Waals surface area (Å²) in [5.41, 5.74) is 3.03. The second-order valence-electron chi connectivity index (χ2n) is 3.79. The van der Waals surface area contributed by atoms with Crippen molar-refractivity contribution in [3.63, 3.8) is 0 Å². The quantitative estimate of drug-likeness (QED) is 0.231. The molecule has 1 aromatic rings. The molecule has 0 aliphatic carbocycles. The molecular formula is C12H17BrCl2N4O. The van der Waals surface area contributed by atoms with Crippen LogP contribution in [-0.2, 0) is 4.74 Å². The molecule has 0 radical (unpaired) electrons. The van der Waals surface area contributed by atoms with Gasteiger partial charge in [-0.3, -0.25) is 10.4 Å². The maximum absolute atomic E-state index is 6.12. The van der Waals surface area contributed by atoms with Crippen LogP contribution < -0.4 is 16.6 Å². The molecule has 0 aliphatic heterocycles. The topological polar surface area (TPSA) is 71.7 Å². The summed E-state index contributed by atoms with van der Waals surface area (Å²) in [4.78, 5) is 4.27. The fraction of sp³-hybridized carbons (Fsp3) is 0.417. The van der Waals surface area contributed by atoms with Crippen molar-refractivity contribution >= 4 is 50.8 Å². The average Bonchev–Trinajstić information content (AvgIpc) is 2.40. The molecule has 0 amide bonds. The van der Waals surface area contributed by atoms with Gasteiger partial charge in [-0.25, -0.2) is 5.84 Å². The summed E-state index contributed by atoms with van der Waals surface area (Å²) >= 11 is 15.6. The van der Waals surface area contributed by atoms with Crippen LogP contribution in [0.2, 0.25) is 10.0 Å². The zero-order chi connectivity index (χ0) is 15.0. The van der Waals surface area contributed by atoms with E-state index in [1.165, 1.54) is 0 Å². The average molecular weight is 384 g/mol. The number of nitrogens with one attached hydrogen (secondary N) is 2. The smallest absolute Gasteiger partial charge is 0.210 e. The first kappa shape index (κ1) is 17.5. The number of aliphatic imine (C=N–C) groups is 1. The summed E-state index contributed by atoms with van der Waals surface area (Å²) in [6, 6.07) is 3.47. The predicted molar refractivity (Wildman–Crippen MR) is 88.5 cm³/mol. The van der Waals surface area contributed by atoms with Crippen LogP contribution in [0.1, 0.15) is 13.3 Å². The number of benzene rings is 1. The highest BCUT2D eigenvalue weighted by Crippen LogP contribution is 2.33. The van der Waals surface area contributed by atoms with Crippen LogP contribution in [-0.4, -0.2) is 25.7 Å². The van der Waals surface area contributed by atoms with Gasteiger partial charge in [-0.05, 0) is 25.5 Å².